The van der Waals surface area contributed by atoms with Crippen LogP contribution in [0.3, 0.4) is 0 Å². The third-order valence-electron chi connectivity index (χ3n) is 1.65. The van der Waals surface area contributed by atoms with E-state index in [1.54, 1.807) is 0 Å². The molecule has 0 fully saturated rings. The number of sulfonamides is 1. The van der Waals surface area contributed by atoms with Crippen LogP contribution in [0.1, 0.15) is 0 Å². The predicted octanol–water partition coefficient (Wildman–Crippen LogP) is -1.02. The van der Waals surface area contributed by atoms with Crippen molar-refractivity contribution in [3.05, 3.63) is 24.3 Å². The molecule has 1 rings (SSSR count). The van der Waals surface area contributed by atoms with Gasteiger partial charge in [0.2, 0.25) is 16.0 Å². The van der Waals surface area contributed by atoms with E-state index in [1.807, 2.05) is 0 Å². The third-order valence-corrected chi connectivity index (χ3v) is 2.58. The van der Waals surface area contributed by atoms with Gasteiger partial charge in [-0.25, -0.2) is 18.5 Å². The van der Waals surface area contributed by atoms with Crippen molar-refractivity contribution >= 4 is 40.0 Å². The van der Waals surface area contributed by atoms with E-state index in [0.717, 1.165) is 0 Å². The van der Waals surface area contributed by atoms with E-state index in [-0.39, 0.29) is 29.2 Å². The molecular weight excluding hydrogens is 280 g/mol. The molecule has 0 radical (unpaired) electrons. The van der Waals surface area contributed by atoms with Crippen molar-refractivity contribution in [2.45, 2.75) is 4.90 Å². The Morgan fingerprint density at radius 1 is 1.06 bits per heavy atom. The lowest BCUT2D eigenvalue weighted by Crippen LogP contribution is -2.26. The lowest BCUT2D eigenvalue weighted by Gasteiger charge is -1.99. The lowest BCUT2D eigenvalue weighted by atomic mass is 10.3. The zero-order valence-corrected chi connectivity index (χ0v) is 10.8. The van der Waals surface area contributed by atoms with Gasteiger partial charge < -0.3 is 17.2 Å². The fraction of sp³-hybridized carbons (Fsp3) is 0. The molecule has 0 amide bonds. The molecule has 0 saturated heterocycles. The van der Waals surface area contributed by atoms with Gasteiger partial charge in [0.15, 0.2) is 5.96 Å². The van der Waals surface area contributed by atoms with Crippen molar-refractivity contribution < 1.29 is 8.42 Å². The summed E-state index contributed by atoms with van der Waals surface area (Å²) in [7, 11) is -3.71. The first-order valence-electron chi connectivity index (χ1n) is 4.35. The van der Waals surface area contributed by atoms with E-state index in [9.17, 15) is 8.42 Å². The van der Waals surface area contributed by atoms with Crippen LogP contribution in [0.2, 0.25) is 0 Å². The average Bonchev–Trinajstić information content (AvgIpc) is 2.15. The zero-order chi connectivity index (χ0) is 13.1. The van der Waals surface area contributed by atoms with Crippen LogP contribution in [0.25, 0.3) is 0 Å². The molecule has 0 saturated carbocycles. The van der Waals surface area contributed by atoms with E-state index in [0.29, 0.717) is 5.69 Å². The molecule has 10 heteroatoms. The minimum Gasteiger partial charge on any atom is -0.370 e. The van der Waals surface area contributed by atoms with E-state index in [1.165, 1.54) is 24.3 Å². The van der Waals surface area contributed by atoms with Gasteiger partial charge >= 0.3 is 0 Å². The van der Waals surface area contributed by atoms with Crippen molar-refractivity contribution in [2.75, 3.05) is 0 Å². The topological polar surface area (TPSA) is 163 Å². The molecule has 0 aliphatic rings. The van der Waals surface area contributed by atoms with Crippen LogP contribution in [0.4, 0.5) is 5.69 Å². The number of primary sulfonamides is 1. The summed E-state index contributed by atoms with van der Waals surface area (Å²) in [5, 5.41) is 4.93. The molecule has 0 aliphatic carbocycles. The maximum atomic E-state index is 11.0. The summed E-state index contributed by atoms with van der Waals surface area (Å²) in [5.74, 6) is -0.347. The van der Waals surface area contributed by atoms with Crippen LogP contribution >= 0.6 is 12.4 Å². The van der Waals surface area contributed by atoms with Gasteiger partial charge in [0, 0.05) is 0 Å². The normalized spacial score (nSPS) is 11.5. The maximum absolute atomic E-state index is 11.0. The van der Waals surface area contributed by atoms with Gasteiger partial charge in [0.05, 0.1) is 10.6 Å². The van der Waals surface area contributed by atoms with Crippen LogP contribution in [-0.2, 0) is 10.0 Å². The highest BCUT2D eigenvalue weighted by Crippen LogP contribution is 2.15. The number of halogens is 1. The predicted molar refractivity (Wildman–Crippen MR) is 72.2 cm³/mol. The minimum absolute atomic E-state index is 0. The Morgan fingerprint density at radius 3 is 1.94 bits per heavy atom. The molecular formula is C8H13ClN6O2S. The van der Waals surface area contributed by atoms with Gasteiger partial charge in [-0.2, -0.15) is 4.99 Å². The molecule has 0 bridgehead atoms. The number of guanidine groups is 2. The molecule has 8 nitrogen and oxygen atoms in total. The third kappa shape index (κ3) is 4.99. The zero-order valence-electron chi connectivity index (χ0n) is 9.15. The van der Waals surface area contributed by atoms with E-state index in [4.69, 9.17) is 22.3 Å². The van der Waals surface area contributed by atoms with Crippen LogP contribution in [0.15, 0.2) is 39.1 Å². The summed E-state index contributed by atoms with van der Waals surface area (Å²) >= 11 is 0. The molecule has 1 aromatic rings. The molecule has 0 aromatic heterocycles. The number of nitrogens with zero attached hydrogens (tertiary/aromatic N) is 2. The summed E-state index contributed by atoms with van der Waals surface area (Å²) in [4.78, 5) is 7.32. The van der Waals surface area contributed by atoms with Crippen molar-refractivity contribution in [1.29, 1.82) is 0 Å². The molecule has 8 N–H and O–H groups in total. The Hall–Kier alpha value is -1.84. The number of aliphatic imine (C=N–C) groups is 2. The van der Waals surface area contributed by atoms with Gasteiger partial charge in [0.25, 0.3) is 0 Å². The second-order valence-corrected chi connectivity index (χ2v) is 4.61. The molecule has 0 atom stereocenters. The van der Waals surface area contributed by atoms with Crippen molar-refractivity contribution in [2.24, 2.45) is 32.3 Å². The maximum Gasteiger partial charge on any atom is 0.238 e. The largest absolute Gasteiger partial charge is 0.370 e. The SMILES string of the molecule is Cl.NC(N)=NC(N)=Nc1ccc(S(N)(=O)=O)cc1. The molecule has 0 spiro atoms. The Bertz CT molecular complexity index is 562. The first-order chi connectivity index (χ1) is 7.79. The standard InChI is InChI=1S/C8H12N6O2S.ClH/c9-7(10)14-8(11)13-5-1-3-6(4-2-5)17(12,15)16;/h1-4H,(H2,12,15,16)(H6,9,10,11,13,14);1H. The summed E-state index contributed by atoms with van der Waals surface area (Å²) < 4.78 is 21.9. The number of nitrogens with two attached hydrogens (primary N) is 4. The van der Waals surface area contributed by atoms with E-state index >= 15 is 0 Å². The molecule has 0 heterocycles. The molecule has 0 unspecified atom stereocenters. The Kier molecular flexibility index (Phi) is 5.56. The quantitative estimate of drug-likeness (QED) is 0.404. The fourth-order valence-corrected chi connectivity index (χ4v) is 1.52. The van der Waals surface area contributed by atoms with Crippen molar-refractivity contribution in [1.82, 2.24) is 0 Å². The second kappa shape index (κ2) is 6.19. The highest BCUT2D eigenvalue weighted by Gasteiger charge is 2.06. The summed E-state index contributed by atoms with van der Waals surface area (Å²) in [6, 6.07) is 5.46. The van der Waals surface area contributed by atoms with E-state index < -0.39 is 10.0 Å². The van der Waals surface area contributed by atoms with Crippen LogP contribution < -0.4 is 22.3 Å². The van der Waals surface area contributed by atoms with Crippen LogP contribution in [-0.4, -0.2) is 20.3 Å². The Morgan fingerprint density at radius 2 is 1.56 bits per heavy atom. The highest BCUT2D eigenvalue weighted by molar-refractivity contribution is 7.89. The number of hydrogen-bond acceptors (Lipinski definition) is 3. The lowest BCUT2D eigenvalue weighted by molar-refractivity contribution is 0.598. The van der Waals surface area contributed by atoms with Gasteiger partial charge in [-0.05, 0) is 24.3 Å². The minimum atomic E-state index is -3.71. The Balaban J connectivity index is 0.00000289. The molecule has 100 valence electrons. The van der Waals surface area contributed by atoms with Gasteiger partial charge in [0.1, 0.15) is 0 Å². The van der Waals surface area contributed by atoms with Crippen molar-refractivity contribution in [3.8, 4) is 0 Å². The van der Waals surface area contributed by atoms with Gasteiger partial charge in [-0.15, -0.1) is 12.4 Å². The monoisotopic (exact) mass is 292 g/mol. The second-order valence-electron chi connectivity index (χ2n) is 3.05. The molecule has 1 aromatic carbocycles. The Labute approximate surface area is 110 Å². The van der Waals surface area contributed by atoms with Gasteiger partial charge in [-0.3, -0.25) is 0 Å². The van der Waals surface area contributed by atoms with Gasteiger partial charge in [-0.1, -0.05) is 0 Å². The first kappa shape index (κ1) is 16.2. The number of benzene rings is 1. The smallest absolute Gasteiger partial charge is 0.238 e. The summed E-state index contributed by atoms with van der Waals surface area (Å²) in [5.41, 5.74) is 16.0. The highest BCUT2D eigenvalue weighted by atomic mass is 35.5. The number of rotatable bonds is 2. The van der Waals surface area contributed by atoms with Crippen LogP contribution in [0.5, 0.6) is 0 Å². The average molecular weight is 293 g/mol. The number of hydrogen-bond donors (Lipinski definition) is 4. The summed E-state index contributed by atoms with van der Waals surface area (Å²) in [6.07, 6.45) is 0. The first-order valence-corrected chi connectivity index (χ1v) is 5.90. The molecule has 18 heavy (non-hydrogen) atoms. The summed E-state index contributed by atoms with van der Waals surface area (Å²) in [6.45, 7) is 0. The van der Waals surface area contributed by atoms with Crippen LogP contribution in [0, 0.1) is 0 Å². The molecule has 0 aliphatic heterocycles. The fourth-order valence-electron chi connectivity index (χ4n) is 1.000. The van der Waals surface area contributed by atoms with E-state index in [2.05, 4.69) is 9.98 Å². The van der Waals surface area contributed by atoms with Crippen molar-refractivity contribution in [3.63, 3.8) is 0 Å².